The van der Waals surface area contributed by atoms with Crippen LogP contribution in [-0.2, 0) is 11.3 Å². The molecule has 0 bridgehead atoms. The number of carbonyl (C=O) groups is 1. The first-order valence-electron chi connectivity index (χ1n) is 11.7. The van der Waals surface area contributed by atoms with E-state index < -0.39 is 5.60 Å². The van der Waals surface area contributed by atoms with Crippen LogP contribution in [0, 0.1) is 17.7 Å². The van der Waals surface area contributed by atoms with E-state index in [1.807, 2.05) is 11.5 Å². The lowest BCUT2D eigenvalue weighted by Crippen LogP contribution is -2.29. The van der Waals surface area contributed by atoms with E-state index in [4.69, 9.17) is 5.73 Å². The molecule has 35 heavy (non-hydrogen) atoms. The van der Waals surface area contributed by atoms with Crippen LogP contribution in [0.4, 0.5) is 10.2 Å². The number of aryl methyl sites for hydroxylation is 1. The summed E-state index contributed by atoms with van der Waals surface area (Å²) >= 11 is 0. The lowest BCUT2D eigenvalue weighted by Gasteiger charge is -2.26. The Bertz CT molecular complexity index is 1260. The molecular formula is C25H30ClFN6O2. The highest BCUT2D eigenvalue weighted by atomic mass is 35.5. The van der Waals surface area contributed by atoms with Gasteiger partial charge in [0.15, 0.2) is 17.0 Å². The Kier molecular flexibility index (Phi) is 8.65. The normalized spacial score (nSPS) is 14.6. The minimum absolute atomic E-state index is 0. The molecular weight excluding hydrogens is 471 g/mol. The highest BCUT2D eigenvalue weighted by Gasteiger charge is 2.27. The molecule has 0 aliphatic heterocycles. The molecule has 1 fully saturated rings. The highest BCUT2D eigenvalue weighted by molar-refractivity contribution is 5.86. The fourth-order valence-electron chi connectivity index (χ4n) is 4.25. The predicted octanol–water partition coefficient (Wildman–Crippen LogP) is 3.60. The van der Waals surface area contributed by atoms with Gasteiger partial charge in [0.2, 0.25) is 11.7 Å². The standard InChI is InChI=1S/C25H29FN6O2.ClH/c1-2-28-20(33)10-7-15-32-23(17-8-6-9-18(26)16-17)31-21-22(27)29-19(30-24(21)32)11-14-25(34)12-4-3-5-13-25;/h6,8-9,16,34H,2-5,7,10,12-13,15H2,1H3,(H,28,33)(H2,27,29,30);1H. The molecule has 8 nitrogen and oxygen atoms in total. The number of amides is 1. The summed E-state index contributed by atoms with van der Waals surface area (Å²) < 4.78 is 15.8. The van der Waals surface area contributed by atoms with Crippen molar-refractivity contribution in [3.8, 4) is 23.2 Å². The van der Waals surface area contributed by atoms with Gasteiger partial charge in [-0.2, -0.15) is 0 Å². The largest absolute Gasteiger partial charge is 0.382 e. The number of hydrogen-bond acceptors (Lipinski definition) is 6. The van der Waals surface area contributed by atoms with Gasteiger partial charge in [-0.3, -0.25) is 4.79 Å². The van der Waals surface area contributed by atoms with Crippen molar-refractivity contribution in [3.05, 3.63) is 35.9 Å². The number of nitrogens with one attached hydrogen (secondary N) is 1. The van der Waals surface area contributed by atoms with Crippen LogP contribution in [0.5, 0.6) is 0 Å². The fraction of sp³-hybridized carbons (Fsp3) is 0.440. The zero-order chi connectivity index (χ0) is 24.1. The monoisotopic (exact) mass is 500 g/mol. The summed E-state index contributed by atoms with van der Waals surface area (Å²) in [6.45, 7) is 2.86. The summed E-state index contributed by atoms with van der Waals surface area (Å²) in [5.41, 5.74) is 6.59. The minimum Gasteiger partial charge on any atom is -0.382 e. The van der Waals surface area contributed by atoms with E-state index in [0.717, 1.165) is 19.3 Å². The Morgan fingerprint density at radius 2 is 2.03 bits per heavy atom. The van der Waals surface area contributed by atoms with E-state index >= 15 is 0 Å². The third-order valence-electron chi connectivity index (χ3n) is 5.95. The summed E-state index contributed by atoms with van der Waals surface area (Å²) in [5.74, 6) is 6.25. The van der Waals surface area contributed by atoms with Crippen LogP contribution < -0.4 is 11.1 Å². The van der Waals surface area contributed by atoms with Gasteiger partial charge in [-0.05, 0) is 57.1 Å². The molecule has 186 valence electrons. The summed E-state index contributed by atoms with van der Waals surface area (Å²) in [5, 5.41) is 13.5. The molecule has 10 heteroatoms. The molecule has 1 saturated carbocycles. The first kappa shape index (κ1) is 26.4. The number of aliphatic hydroxyl groups is 1. The van der Waals surface area contributed by atoms with Crippen LogP contribution in [0.3, 0.4) is 0 Å². The summed E-state index contributed by atoms with van der Waals surface area (Å²) in [6.07, 6.45) is 5.07. The van der Waals surface area contributed by atoms with E-state index in [0.29, 0.717) is 61.3 Å². The van der Waals surface area contributed by atoms with Gasteiger partial charge < -0.3 is 20.7 Å². The van der Waals surface area contributed by atoms with E-state index in [9.17, 15) is 14.3 Å². The molecule has 1 aliphatic rings. The van der Waals surface area contributed by atoms with Crippen LogP contribution in [0.15, 0.2) is 24.3 Å². The lowest BCUT2D eigenvalue weighted by molar-refractivity contribution is -0.121. The summed E-state index contributed by atoms with van der Waals surface area (Å²) in [4.78, 5) is 25.4. The van der Waals surface area contributed by atoms with Crippen molar-refractivity contribution in [2.45, 2.75) is 64.0 Å². The number of imidazole rings is 1. The number of rotatable bonds is 6. The number of nitrogens with two attached hydrogens (primary N) is 1. The third kappa shape index (κ3) is 6.27. The van der Waals surface area contributed by atoms with Crippen molar-refractivity contribution in [2.75, 3.05) is 12.3 Å². The Morgan fingerprint density at radius 3 is 2.74 bits per heavy atom. The van der Waals surface area contributed by atoms with Gasteiger partial charge in [0.25, 0.3) is 0 Å². The van der Waals surface area contributed by atoms with E-state index in [2.05, 4.69) is 32.1 Å². The van der Waals surface area contributed by atoms with Crippen molar-refractivity contribution in [3.63, 3.8) is 0 Å². The Labute approximate surface area is 210 Å². The van der Waals surface area contributed by atoms with Gasteiger partial charge in [0.1, 0.15) is 17.2 Å². The number of fused-ring (bicyclic) bond motifs is 1. The van der Waals surface area contributed by atoms with Gasteiger partial charge in [-0.15, -0.1) is 12.4 Å². The number of carbonyl (C=O) groups excluding carboxylic acids is 1. The average Bonchev–Trinajstić information content (AvgIpc) is 3.18. The maximum absolute atomic E-state index is 14.0. The van der Waals surface area contributed by atoms with Crippen molar-refractivity contribution >= 4 is 35.3 Å². The molecule has 0 saturated heterocycles. The number of aromatic nitrogens is 4. The Hall–Kier alpha value is -3.22. The van der Waals surface area contributed by atoms with Crippen LogP contribution in [0.25, 0.3) is 22.6 Å². The number of halogens is 2. The molecule has 4 N–H and O–H groups in total. The quantitative estimate of drug-likeness (QED) is 0.445. The first-order chi connectivity index (χ1) is 16.4. The van der Waals surface area contributed by atoms with Gasteiger partial charge in [-0.1, -0.05) is 24.5 Å². The second kappa shape index (κ2) is 11.5. The highest BCUT2D eigenvalue weighted by Crippen LogP contribution is 2.29. The smallest absolute Gasteiger partial charge is 0.220 e. The minimum atomic E-state index is -1.04. The number of hydrogen-bond donors (Lipinski definition) is 3. The third-order valence-corrected chi connectivity index (χ3v) is 5.95. The Morgan fingerprint density at radius 1 is 1.26 bits per heavy atom. The van der Waals surface area contributed by atoms with E-state index in [1.54, 1.807) is 12.1 Å². The van der Waals surface area contributed by atoms with Crippen molar-refractivity contribution in [2.24, 2.45) is 0 Å². The Balaban J connectivity index is 0.00000342. The molecule has 1 aromatic carbocycles. The van der Waals surface area contributed by atoms with Crippen LogP contribution >= 0.6 is 12.4 Å². The molecule has 4 rings (SSSR count). The van der Waals surface area contributed by atoms with Gasteiger partial charge >= 0.3 is 0 Å². The maximum atomic E-state index is 14.0. The number of anilines is 1. The zero-order valence-electron chi connectivity index (χ0n) is 19.7. The molecule has 1 aliphatic carbocycles. The van der Waals surface area contributed by atoms with Gasteiger partial charge in [0.05, 0.1) is 0 Å². The van der Waals surface area contributed by atoms with Crippen LogP contribution in [0.1, 0.15) is 57.7 Å². The molecule has 1 amide bonds. The maximum Gasteiger partial charge on any atom is 0.220 e. The molecule has 0 radical (unpaired) electrons. The van der Waals surface area contributed by atoms with Crippen LogP contribution in [0.2, 0.25) is 0 Å². The average molecular weight is 501 g/mol. The second-order valence-corrected chi connectivity index (χ2v) is 8.60. The number of nitrogens with zero attached hydrogens (tertiary/aromatic N) is 4. The molecule has 2 aromatic heterocycles. The second-order valence-electron chi connectivity index (χ2n) is 8.60. The molecule has 0 spiro atoms. The van der Waals surface area contributed by atoms with Crippen molar-refractivity contribution in [1.29, 1.82) is 0 Å². The fourth-order valence-corrected chi connectivity index (χ4v) is 4.25. The lowest BCUT2D eigenvalue weighted by atomic mass is 9.85. The van der Waals surface area contributed by atoms with Gasteiger partial charge in [-0.25, -0.2) is 19.3 Å². The molecule has 0 unspecified atom stereocenters. The van der Waals surface area contributed by atoms with E-state index in [-0.39, 0.29) is 35.8 Å². The summed E-state index contributed by atoms with van der Waals surface area (Å²) in [7, 11) is 0. The predicted molar refractivity (Wildman–Crippen MR) is 135 cm³/mol. The number of benzene rings is 1. The number of nitrogen functional groups attached to an aromatic ring is 1. The first-order valence-corrected chi connectivity index (χ1v) is 11.7. The topological polar surface area (TPSA) is 119 Å². The van der Waals surface area contributed by atoms with Crippen molar-refractivity contribution < 1.29 is 14.3 Å². The van der Waals surface area contributed by atoms with E-state index in [1.165, 1.54) is 12.1 Å². The zero-order valence-corrected chi connectivity index (χ0v) is 20.5. The molecule has 0 atom stereocenters. The van der Waals surface area contributed by atoms with Crippen LogP contribution in [-0.4, -0.2) is 42.7 Å². The molecule has 2 heterocycles. The van der Waals surface area contributed by atoms with Crippen molar-refractivity contribution in [1.82, 2.24) is 24.8 Å². The van der Waals surface area contributed by atoms with Gasteiger partial charge in [0, 0.05) is 25.1 Å². The summed E-state index contributed by atoms with van der Waals surface area (Å²) in [6, 6.07) is 6.13. The molecule has 3 aromatic rings. The SMILES string of the molecule is CCNC(=O)CCCn1c(-c2cccc(F)c2)nc2c(N)nc(C#CC3(O)CCCCC3)nc21.Cl.